The minimum absolute atomic E-state index is 0.0311. The number of imidazole rings is 1. The molecule has 4 aromatic rings. The van der Waals surface area contributed by atoms with E-state index in [9.17, 15) is 4.79 Å². The number of carbonyl (C=O) groups excluding carboxylic acids is 1. The molecule has 5 rings (SSSR count). The van der Waals surface area contributed by atoms with Crippen molar-refractivity contribution in [2.24, 2.45) is 0 Å². The molecule has 0 bridgehead atoms. The molecule has 1 aliphatic rings. The highest BCUT2D eigenvalue weighted by atomic mass is 16.2. The monoisotopic (exact) mass is 353 g/mol. The van der Waals surface area contributed by atoms with Crippen LogP contribution in [-0.2, 0) is 6.42 Å². The minimum atomic E-state index is 0.0311. The van der Waals surface area contributed by atoms with E-state index in [1.165, 1.54) is 5.56 Å². The summed E-state index contributed by atoms with van der Waals surface area (Å²) in [5.74, 6) is 0.0311. The lowest BCUT2D eigenvalue weighted by molar-refractivity contribution is 0.0981. The number of amides is 1. The van der Waals surface area contributed by atoms with Crippen LogP contribution in [0.5, 0.6) is 0 Å². The first-order valence-electron chi connectivity index (χ1n) is 9.16. The summed E-state index contributed by atoms with van der Waals surface area (Å²) < 4.78 is 2.04. The molecular weight excluding hydrogens is 334 g/mol. The van der Waals surface area contributed by atoms with Gasteiger partial charge in [-0.1, -0.05) is 36.4 Å². The smallest absolute Gasteiger partial charge is 0.258 e. The maximum atomic E-state index is 13.2. The number of aromatic nitrogens is 2. The van der Waals surface area contributed by atoms with E-state index in [-0.39, 0.29) is 11.9 Å². The van der Waals surface area contributed by atoms with E-state index in [4.69, 9.17) is 0 Å². The zero-order chi connectivity index (χ0) is 18.4. The predicted molar refractivity (Wildman–Crippen MR) is 107 cm³/mol. The molecule has 0 saturated carbocycles. The lowest BCUT2D eigenvalue weighted by Crippen LogP contribution is -2.35. The van der Waals surface area contributed by atoms with Gasteiger partial charge in [0, 0.05) is 23.0 Å². The molecule has 0 spiro atoms. The van der Waals surface area contributed by atoms with Gasteiger partial charge in [0.2, 0.25) is 0 Å². The Kier molecular flexibility index (Phi) is 3.57. The van der Waals surface area contributed by atoms with Crippen molar-refractivity contribution >= 4 is 22.6 Å². The van der Waals surface area contributed by atoms with E-state index < -0.39 is 0 Å². The van der Waals surface area contributed by atoms with Crippen molar-refractivity contribution in [3.63, 3.8) is 0 Å². The third-order valence-electron chi connectivity index (χ3n) is 5.25. The molecule has 0 N–H and O–H groups in total. The van der Waals surface area contributed by atoms with Crippen molar-refractivity contribution in [3.8, 4) is 5.69 Å². The van der Waals surface area contributed by atoms with Gasteiger partial charge in [-0.15, -0.1) is 0 Å². The van der Waals surface area contributed by atoms with Crippen LogP contribution >= 0.6 is 0 Å². The molecule has 1 aliphatic heterocycles. The second-order valence-corrected chi connectivity index (χ2v) is 7.01. The zero-order valence-electron chi connectivity index (χ0n) is 15.0. The Hall–Kier alpha value is -3.40. The van der Waals surface area contributed by atoms with Crippen LogP contribution < -0.4 is 4.90 Å². The van der Waals surface area contributed by atoms with Crippen molar-refractivity contribution in [2.45, 2.75) is 19.4 Å². The second kappa shape index (κ2) is 6.09. The van der Waals surface area contributed by atoms with Crippen molar-refractivity contribution in [3.05, 3.63) is 90.3 Å². The van der Waals surface area contributed by atoms with Gasteiger partial charge >= 0.3 is 0 Å². The highest BCUT2D eigenvalue weighted by molar-refractivity contribution is 6.09. The molecule has 4 nitrogen and oxygen atoms in total. The fraction of sp³-hybridized carbons (Fsp3) is 0.130. The fourth-order valence-corrected chi connectivity index (χ4v) is 3.95. The van der Waals surface area contributed by atoms with Gasteiger partial charge in [-0.2, -0.15) is 0 Å². The quantitative estimate of drug-likeness (QED) is 0.527. The van der Waals surface area contributed by atoms with Crippen LogP contribution in [0.1, 0.15) is 22.8 Å². The topological polar surface area (TPSA) is 38.1 Å². The number of rotatable bonds is 2. The number of carbonyl (C=O) groups is 1. The average molecular weight is 353 g/mol. The van der Waals surface area contributed by atoms with E-state index in [2.05, 4.69) is 18.0 Å². The minimum Gasteiger partial charge on any atom is -0.305 e. The Morgan fingerprint density at radius 3 is 2.63 bits per heavy atom. The van der Waals surface area contributed by atoms with Crippen molar-refractivity contribution < 1.29 is 4.79 Å². The van der Waals surface area contributed by atoms with Crippen molar-refractivity contribution in [1.82, 2.24) is 9.55 Å². The van der Waals surface area contributed by atoms with Gasteiger partial charge in [-0.3, -0.25) is 9.36 Å². The Bertz CT molecular complexity index is 1150. The number of anilines is 1. The zero-order valence-corrected chi connectivity index (χ0v) is 15.0. The standard InChI is InChI=1S/C23H19N3O/c1-16-13-17-7-5-6-10-21(17)26(16)23(27)18-11-12-22-20(14-18)24-15-25(22)19-8-3-2-4-9-19/h2-12,14-16H,13H2,1H3. The summed E-state index contributed by atoms with van der Waals surface area (Å²) in [5.41, 5.74) is 5.79. The third kappa shape index (κ3) is 2.53. The van der Waals surface area contributed by atoms with Crippen LogP contribution in [0, 0.1) is 0 Å². The first-order valence-corrected chi connectivity index (χ1v) is 9.16. The Labute approximate surface area is 157 Å². The molecule has 0 radical (unpaired) electrons. The maximum Gasteiger partial charge on any atom is 0.258 e. The van der Waals surface area contributed by atoms with E-state index >= 15 is 0 Å². The first-order chi connectivity index (χ1) is 13.2. The molecule has 0 aliphatic carbocycles. The van der Waals surface area contributed by atoms with Gasteiger partial charge in [0.25, 0.3) is 5.91 Å². The third-order valence-corrected chi connectivity index (χ3v) is 5.25. The van der Waals surface area contributed by atoms with Gasteiger partial charge in [-0.05, 0) is 55.3 Å². The molecule has 1 amide bonds. The Balaban J connectivity index is 1.54. The van der Waals surface area contributed by atoms with Gasteiger partial charge in [0.15, 0.2) is 0 Å². The van der Waals surface area contributed by atoms with Gasteiger partial charge in [0.1, 0.15) is 6.33 Å². The van der Waals surface area contributed by atoms with Crippen LogP contribution in [0.2, 0.25) is 0 Å². The van der Waals surface area contributed by atoms with E-state index in [1.807, 2.05) is 82.5 Å². The summed E-state index contributed by atoms with van der Waals surface area (Å²) in [4.78, 5) is 19.7. The first kappa shape index (κ1) is 15.8. The van der Waals surface area contributed by atoms with E-state index in [1.54, 1.807) is 0 Å². The van der Waals surface area contributed by atoms with Crippen LogP contribution in [0.4, 0.5) is 5.69 Å². The molecule has 1 aromatic heterocycles. The normalized spacial score (nSPS) is 15.9. The fourth-order valence-electron chi connectivity index (χ4n) is 3.95. The predicted octanol–water partition coefficient (Wildman–Crippen LogP) is 4.62. The van der Waals surface area contributed by atoms with Crippen LogP contribution in [0.25, 0.3) is 16.7 Å². The maximum absolute atomic E-state index is 13.2. The number of fused-ring (bicyclic) bond motifs is 2. The number of hydrogen-bond acceptors (Lipinski definition) is 2. The summed E-state index contributed by atoms with van der Waals surface area (Å²) >= 11 is 0. The molecule has 0 fully saturated rings. The number of nitrogens with zero attached hydrogens (tertiary/aromatic N) is 3. The molecule has 3 aromatic carbocycles. The molecule has 27 heavy (non-hydrogen) atoms. The molecule has 2 heterocycles. The molecule has 0 saturated heterocycles. The molecule has 132 valence electrons. The SMILES string of the molecule is CC1Cc2ccccc2N1C(=O)c1ccc2c(c1)ncn2-c1ccccc1. The Morgan fingerprint density at radius 2 is 1.78 bits per heavy atom. The lowest BCUT2D eigenvalue weighted by atomic mass is 10.1. The van der Waals surface area contributed by atoms with Crippen LogP contribution in [-0.4, -0.2) is 21.5 Å². The number of benzene rings is 3. The molecule has 1 atom stereocenters. The average Bonchev–Trinajstić information content (AvgIpc) is 3.27. The summed E-state index contributed by atoms with van der Waals surface area (Å²) in [6.07, 6.45) is 2.70. The highest BCUT2D eigenvalue weighted by Crippen LogP contribution is 2.33. The van der Waals surface area contributed by atoms with Gasteiger partial charge < -0.3 is 4.90 Å². The van der Waals surface area contributed by atoms with Gasteiger partial charge in [0.05, 0.1) is 11.0 Å². The lowest BCUT2D eigenvalue weighted by Gasteiger charge is -2.22. The number of hydrogen-bond donors (Lipinski definition) is 0. The van der Waals surface area contributed by atoms with E-state index in [0.29, 0.717) is 5.56 Å². The van der Waals surface area contributed by atoms with Crippen LogP contribution in [0.15, 0.2) is 79.1 Å². The Morgan fingerprint density at radius 1 is 1.00 bits per heavy atom. The largest absolute Gasteiger partial charge is 0.305 e. The molecular formula is C23H19N3O. The van der Waals surface area contributed by atoms with Gasteiger partial charge in [-0.25, -0.2) is 4.98 Å². The van der Waals surface area contributed by atoms with Crippen LogP contribution in [0.3, 0.4) is 0 Å². The summed E-state index contributed by atoms with van der Waals surface area (Å²) in [7, 11) is 0. The molecule has 4 heteroatoms. The van der Waals surface area contributed by atoms with E-state index in [0.717, 1.165) is 28.8 Å². The number of para-hydroxylation sites is 2. The summed E-state index contributed by atoms with van der Waals surface area (Å²) in [6.45, 7) is 2.10. The van der Waals surface area contributed by atoms with Crippen molar-refractivity contribution in [1.29, 1.82) is 0 Å². The second-order valence-electron chi connectivity index (χ2n) is 7.01. The van der Waals surface area contributed by atoms with Crippen molar-refractivity contribution in [2.75, 3.05) is 4.90 Å². The highest BCUT2D eigenvalue weighted by Gasteiger charge is 2.31. The summed E-state index contributed by atoms with van der Waals surface area (Å²) in [5, 5.41) is 0. The molecule has 1 unspecified atom stereocenters. The summed E-state index contributed by atoms with van der Waals surface area (Å²) in [6, 6.07) is 24.2.